The number of carbonyl (C=O) groups is 1. The van der Waals surface area contributed by atoms with Crippen molar-refractivity contribution in [3.8, 4) is 5.75 Å². The lowest BCUT2D eigenvalue weighted by molar-refractivity contribution is -0.165. The molecule has 1 N–H and O–H groups in total. The van der Waals surface area contributed by atoms with E-state index in [4.69, 9.17) is 14.6 Å². The van der Waals surface area contributed by atoms with Crippen molar-refractivity contribution in [2.45, 2.75) is 24.9 Å². The van der Waals surface area contributed by atoms with E-state index in [0.717, 1.165) is 38.4 Å². The minimum Gasteiger partial charge on any atom is -0.493 e. The Balaban J connectivity index is 1.55. The Hall–Kier alpha value is -1.59. The molecule has 0 saturated carbocycles. The molecule has 0 aromatic heterocycles. The molecule has 0 radical (unpaired) electrons. The van der Waals surface area contributed by atoms with Crippen LogP contribution in [0.2, 0.25) is 0 Å². The van der Waals surface area contributed by atoms with Crippen LogP contribution in [0.4, 0.5) is 0 Å². The highest BCUT2D eigenvalue weighted by Gasteiger charge is 2.41. The van der Waals surface area contributed by atoms with Gasteiger partial charge in [0.15, 0.2) is 0 Å². The van der Waals surface area contributed by atoms with Crippen LogP contribution in [0.5, 0.6) is 5.75 Å². The van der Waals surface area contributed by atoms with Gasteiger partial charge in [0.2, 0.25) is 0 Å². The number of rotatable bonds is 5. The first-order valence-corrected chi connectivity index (χ1v) is 7.36. The van der Waals surface area contributed by atoms with Crippen molar-refractivity contribution in [2.24, 2.45) is 0 Å². The van der Waals surface area contributed by atoms with Crippen molar-refractivity contribution in [2.75, 3.05) is 32.8 Å². The zero-order valence-corrected chi connectivity index (χ0v) is 12.2. The van der Waals surface area contributed by atoms with Crippen LogP contribution < -0.4 is 4.74 Å². The lowest BCUT2D eigenvalue weighted by atomic mass is 9.89. The summed E-state index contributed by atoms with van der Waals surface area (Å²) < 4.78 is 11.1. The van der Waals surface area contributed by atoms with Gasteiger partial charge in [-0.25, -0.2) is 4.79 Å². The highest BCUT2D eigenvalue weighted by molar-refractivity contribution is 5.68. The van der Waals surface area contributed by atoms with Gasteiger partial charge in [-0.2, -0.15) is 0 Å². The van der Waals surface area contributed by atoms with E-state index in [1.807, 2.05) is 19.1 Å². The third kappa shape index (κ3) is 3.19. The summed E-state index contributed by atoms with van der Waals surface area (Å²) in [6, 6.07) is 8.22. The molecular formula is C16H21NO4. The highest BCUT2D eigenvalue weighted by Crippen LogP contribution is 2.36. The van der Waals surface area contributed by atoms with Crippen molar-refractivity contribution in [1.29, 1.82) is 0 Å². The quantitative estimate of drug-likeness (QED) is 0.895. The van der Waals surface area contributed by atoms with Gasteiger partial charge in [0, 0.05) is 25.6 Å². The van der Waals surface area contributed by atoms with Crippen molar-refractivity contribution < 1.29 is 19.4 Å². The summed E-state index contributed by atoms with van der Waals surface area (Å²) in [5, 5.41) is 8.68. The standard InChI is InChI=1S/C16H21NO4/c1-16(21-9-15(18)19)10-17(11-16)8-12-6-7-20-14-5-3-2-4-13(12)14/h2-5,12H,6-11H2,1H3,(H,18,19). The van der Waals surface area contributed by atoms with Crippen LogP contribution >= 0.6 is 0 Å². The highest BCUT2D eigenvalue weighted by atomic mass is 16.5. The molecule has 3 rings (SSSR count). The average Bonchev–Trinajstić information content (AvgIpc) is 2.44. The van der Waals surface area contributed by atoms with Crippen molar-refractivity contribution in [3.05, 3.63) is 29.8 Å². The number of nitrogens with zero attached hydrogens (tertiary/aromatic N) is 1. The summed E-state index contributed by atoms with van der Waals surface area (Å²) in [7, 11) is 0. The minimum absolute atomic E-state index is 0.218. The van der Waals surface area contributed by atoms with Crippen molar-refractivity contribution in [3.63, 3.8) is 0 Å². The van der Waals surface area contributed by atoms with E-state index in [0.29, 0.717) is 5.92 Å². The Kier molecular flexibility index (Phi) is 3.87. The van der Waals surface area contributed by atoms with E-state index >= 15 is 0 Å². The normalized spacial score (nSPS) is 23.8. The fourth-order valence-electron chi connectivity index (χ4n) is 3.27. The van der Waals surface area contributed by atoms with Gasteiger partial charge in [-0.05, 0) is 25.0 Å². The minimum atomic E-state index is -0.909. The maximum absolute atomic E-state index is 10.6. The van der Waals surface area contributed by atoms with Gasteiger partial charge in [-0.15, -0.1) is 0 Å². The predicted molar refractivity (Wildman–Crippen MR) is 77.7 cm³/mol. The number of hydrogen-bond acceptors (Lipinski definition) is 4. The molecule has 21 heavy (non-hydrogen) atoms. The largest absolute Gasteiger partial charge is 0.493 e. The maximum Gasteiger partial charge on any atom is 0.329 e. The Morgan fingerprint density at radius 3 is 3.00 bits per heavy atom. The van der Waals surface area contributed by atoms with Gasteiger partial charge < -0.3 is 14.6 Å². The first-order chi connectivity index (χ1) is 10.1. The van der Waals surface area contributed by atoms with E-state index in [1.165, 1.54) is 5.56 Å². The van der Waals surface area contributed by atoms with Crippen LogP contribution in [0.15, 0.2) is 24.3 Å². The SMILES string of the molecule is CC1(OCC(=O)O)CN(CC2CCOc3ccccc32)C1. The Labute approximate surface area is 124 Å². The Bertz CT molecular complexity index is 525. The van der Waals surface area contributed by atoms with Gasteiger partial charge in [-0.3, -0.25) is 4.90 Å². The molecule has 1 atom stereocenters. The predicted octanol–water partition coefficient (Wildman–Crippen LogP) is 1.73. The van der Waals surface area contributed by atoms with E-state index in [2.05, 4.69) is 17.0 Å². The van der Waals surface area contributed by atoms with Crippen LogP contribution in [-0.4, -0.2) is 54.4 Å². The molecule has 1 unspecified atom stereocenters. The third-order valence-corrected chi connectivity index (χ3v) is 4.22. The molecular weight excluding hydrogens is 270 g/mol. The first kappa shape index (κ1) is 14.4. The smallest absolute Gasteiger partial charge is 0.329 e. The van der Waals surface area contributed by atoms with Gasteiger partial charge >= 0.3 is 5.97 Å². The summed E-state index contributed by atoms with van der Waals surface area (Å²) in [6.07, 6.45) is 1.03. The molecule has 0 amide bonds. The number of carboxylic acids is 1. The Morgan fingerprint density at radius 2 is 2.24 bits per heavy atom. The van der Waals surface area contributed by atoms with Crippen LogP contribution in [0.25, 0.3) is 0 Å². The van der Waals surface area contributed by atoms with E-state index in [-0.39, 0.29) is 12.2 Å². The summed E-state index contributed by atoms with van der Waals surface area (Å²) in [5.41, 5.74) is 0.965. The second-order valence-corrected chi connectivity index (χ2v) is 6.17. The number of ether oxygens (including phenoxy) is 2. The molecule has 2 aliphatic heterocycles. The van der Waals surface area contributed by atoms with E-state index in [1.54, 1.807) is 0 Å². The molecule has 1 saturated heterocycles. The molecule has 2 aliphatic rings. The molecule has 1 aromatic rings. The number of hydrogen-bond donors (Lipinski definition) is 1. The lowest BCUT2D eigenvalue weighted by Gasteiger charge is -2.48. The van der Waals surface area contributed by atoms with Crippen LogP contribution in [0.1, 0.15) is 24.8 Å². The second-order valence-electron chi connectivity index (χ2n) is 6.17. The van der Waals surface area contributed by atoms with Gasteiger partial charge in [0.05, 0.1) is 12.2 Å². The maximum atomic E-state index is 10.6. The number of likely N-dealkylation sites (tertiary alicyclic amines) is 1. The van der Waals surface area contributed by atoms with Gasteiger partial charge in [0.1, 0.15) is 12.4 Å². The molecule has 1 aromatic carbocycles. The molecule has 114 valence electrons. The zero-order chi connectivity index (χ0) is 14.9. The van der Waals surface area contributed by atoms with Crippen molar-refractivity contribution in [1.82, 2.24) is 4.90 Å². The van der Waals surface area contributed by atoms with Crippen molar-refractivity contribution >= 4 is 5.97 Å². The van der Waals surface area contributed by atoms with E-state index < -0.39 is 5.97 Å². The fraction of sp³-hybridized carbons (Fsp3) is 0.562. The molecule has 0 bridgehead atoms. The van der Waals surface area contributed by atoms with Gasteiger partial charge in [-0.1, -0.05) is 18.2 Å². The lowest BCUT2D eigenvalue weighted by Crippen LogP contribution is -2.62. The van der Waals surface area contributed by atoms with Crippen LogP contribution in [0.3, 0.4) is 0 Å². The number of aliphatic carboxylic acids is 1. The molecule has 5 heteroatoms. The van der Waals surface area contributed by atoms with Gasteiger partial charge in [0.25, 0.3) is 0 Å². The number of carboxylic acid groups (broad SMARTS) is 1. The number of benzene rings is 1. The summed E-state index contributed by atoms with van der Waals surface area (Å²) >= 11 is 0. The summed E-state index contributed by atoms with van der Waals surface area (Å²) in [4.78, 5) is 12.9. The molecule has 1 fully saturated rings. The monoisotopic (exact) mass is 291 g/mol. The van der Waals surface area contributed by atoms with E-state index in [9.17, 15) is 4.79 Å². The third-order valence-electron chi connectivity index (χ3n) is 4.22. The Morgan fingerprint density at radius 1 is 1.48 bits per heavy atom. The molecule has 0 spiro atoms. The number of para-hydroxylation sites is 1. The second kappa shape index (κ2) is 5.66. The molecule has 2 heterocycles. The summed E-state index contributed by atoms with van der Waals surface area (Å²) in [6.45, 7) is 5.09. The molecule has 5 nitrogen and oxygen atoms in total. The average molecular weight is 291 g/mol. The van der Waals surface area contributed by atoms with Crippen LogP contribution in [0, 0.1) is 0 Å². The topological polar surface area (TPSA) is 59.0 Å². The first-order valence-electron chi connectivity index (χ1n) is 7.36. The summed E-state index contributed by atoms with van der Waals surface area (Å²) in [5.74, 6) is 0.575. The molecule has 0 aliphatic carbocycles. The zero-order valence-electron chi connectivity index (χ0n) is 12.2. The van der Waals surface area contributed by atoms with Crippen LogP contribution in [-0.2, 0) is 9.53 Å². The fourth-order valence-corrected chi connectivity index (χ4v) is 3.27. The number of fused-ring (bicyclic) bond motifs is 1.